The number of hydrogen-bond donors (Lipinski definition) is 1. The van der Waals surface area contributed by atoms with Crippen molar-refractivity contribution in [3.05, 3.63) is 59.7 Å². The van der Waals surface area contributed by atoms with Gasteiger partial charge in [0.05, 0.1) is 12.5 Å². The lowest BCUT2D eigenvalue weighted by molar-refractivity contribution is 0.0590. The minimum Gasteiger partial charge on any atom is -0.505 e. The smallest absolute Gasteiger partial charge is 0.360 e. The van der Waals surface area contributed by atoms with Crippen molar-refractivity contribution in [3.8, 4) is 23.3 Å². The normalized spacial score (nSPS) is 10.3. The van der Waals surface area contributed by atoms with E-state index in [1.165, 1.54) is 30.3 Å². The molecule has 7 heteroatoms. The molecule has 0 atom stereocenters. The predicted molar refractivity (Wildman–Crippen MR) is 85.9 cm³/mol. The van der Waals surface area contributed by atoms with Crippen LogP contribution in [0.3, 0.4) is 0 Å². The Labute approximate surface area is 141 Å². The zero-order valence-corrected chi connectivity index (χ0v) is 13.0. The Balaban J connectivity index is 2.21. The van der Waals surface area contributed by atoms with Crippen molar-refractivity contribution in [2.75, 3.05) is 7.11 Å². The summed E-state index contributed by atoms with van der Waals surface area (Å²) in [4.78, 5) is 15.6. The molecular weight excluding hydrogens is 327 g/mol. The molecule has 0 unspecified atom stereocenters. The first-order chi connectivity index (χ1) is 12.0. The van der Waals surface area contributed by atoms with E-state index in [-0.39, 0.29) is 27.9 Å². The van der Waals surface area contributed by atoms with Crippen LogP contribution in [-0.2, 0) is 4.74 Å². The lowest BCUT2D eigenvalue weighted by Crippen LogP contribution is -2.07. The van der Waals surface area contributed by atoms with Gasteiger partial charge in [-0.3, -0.25) is 0 Å². The van der Waals surface area contributed by atoms with Crippen LogP contribution in [0.5, 0.6) is 17.2 Å². The Hall–Kier alpha value is -3.66. The fraction of sp³-hybridized carbons (Fsp3) is 0.0556. The maximum Gasteiger partial charge on any atom is 0.360 e. The van der Waals surface area contributed by atoms with Gasteiger partial charge in [-0.1, -0.05) is 12.1 Å². The summed E-state index contributed by atoms with van der Waals surface area (Å²) in [5, 5.41) is 20.2. The van der Waals surface area contributed by atoms with Crippen LogP contribution in [0.4, 0.5) is 4.39 Å². The van der Waals surface area contributed by atoms with Crippen molar-refractivity contribution in [1.82, 2.24) is 4.98 Å². The van der Waals surface area contributed by atoms with Crippen molar-refractivity contribution in [3.63, 3.8) is 0 Å². The highest BCUT2D eigenvalue weighted by molar-refractivity contribution is 6.03. The predicted octanol–water partition coefficient (Wildman–Crippen LogP) is 3.53. The Morgan fingerprint density at radius 2 is 1.96 bits per heavy atom. The maximum absolute atomic E-state index is 13.0. The van der Waals surface area contributed by atoms with Crippen molar-refractivity contribution in [2.45, 2.75) is 0 Å². The number of carbonyl (C=O) groups is 1. The molecule has 0 radical (unpaired) electrons. The third kappa shape index (κ3) is 2.93. The summed E-state index contributed by atoms with van der Waals surface area (Å²) in [5.41, 5.74) is -0.462. The molecule has 0 fully saturated rings. The van der Waals surface area contributed by atoms with Gasteiger partial charge in [0.2, 0.25) is 0 Å². The molecule has 6 nitrogen and oxygen atoms in total. The average molecular weight is 338 g/mol. The van der Waals surface area contributed by atoms with E-state index in [4.69, 9.17) is 4.74 Å². The standard InChI is InChI=1S/C18H11FN2O4/c1-24-18(23)16-17(22)12-3-2-4-14(15(12)13(9-20)21-16)25-11-7-5-10(19)6-8-11/h2-8,22H,1H3. The third-order valence-electron chi connectivity index (χ3n) is 3.49. The quantitative estimate of drug-likeness (QED) is 0.735. The highest BCUT2D eigenvalue weighted by Gasteiger charge is 2.22. The number of halogens is 1. The van der Waals surface area contributed by atoms with Crippen LogP contribution in [0, 0.1) is 17.1 Å². The van der Waals surface area contributed by atoms with Crippen LogP contribution >= 0.6 is 0 Å². The van der Waals surface area contributed by atoms with E-state index in [9.17, 15) is 19.6 Å². The second-order valence-corrected chi connectivity index (χ2v) is 5.00. The summed E-state index contributed by atoms with van der Waals surface area (Å²) < 4.78 is 23.3. The van der Waals surface area contributed by atoms with E-state index < -0.39 is 17.5 Å². The fourth-order valence-electron chi connectivity index (χ4n) is 2.36. The van der Waals surface area contributed by atoms with Gasteiger partial charge in [-0.25, -0.2) is 14.2 Å². The van der Waals surface area contributed by atoms with Crippen LogP contribution < -0.4 is 4.74 Å². The molecule has 3 rings (SSSR count). The van der Waals surface area contributed by atoms with Gasteiger partial charge in [-0.15, -0.1) is 0 Å². The molecule has 0 saturated heterocycles. The number of esters is 1. The van der Waals surface area contributed by atoms with Gasteiger partial charge in [0.25, 0.3) is 0 Å². The summed E-state index contributed by atoms with van der Waals surface area (Å²) in [6.07, 6.45) is 0. The van der Waals surface area contributed by atoms with Crippen LogP contribution in [0.1, 0.15) is 16.2 Å². The van der Waals surface area contributed by atoms with Gasteiger partial charge in [0, 0.05) is 5.39 Å². The van der Waals surface area contributed by atoms with Crippen LogP contribution in [-0.4, -0.2) is 23.2 Å². The molecule has 1 aromatic heterocycles. The third-order valence-corrected chi connectivity index (χ3v) is 3.49. The van der Waals surface area contributed by atoms with Gasteiger partial charge in [0.1, 0.15) is 23.4 Å². The molecule has 25 heavy (non-hydrogen) atoms. The number of hydrogen-bond acceptors (Lipinski definition) is 6. The molecule has 0 bridgehead atoms. The molecule has 0 aliphatic heterocycles. The Bertz CT molecular complexity index is 1010. The van der Waals surface area contributed by atoms with E-state index >= 15 is 0 Å². The zero-order valence-electron chi connectivity index (χ0n) is 13.0. The fourth-order valence-corrected chi connectivity index (χ4v) is 2.36. The number of benzene rings is 2. The molecular formula is C18H11FN2O4. The van der Waals surface area contributed by atoms with Crippen molar-refractivity contribution >= 4 is 16.7 Å². The van der Waals surface area contributed by atoms with Gasteiger partial charge >= 0.3 is 5.97 Å². The topological polar surface area (TPSA) is 92.4 Å². The molecule has 3 aromatic rings. The van der Waals surface area contributed by atoms with Crippen molar-refractivity contribution in [1.29, 1.82) is 5.26 Å². The second-order valence-electron chi connectivity index (χ2n) is 5.00. The zero-order chi connectivity index (χ0) is 18.0. The molecule has 0 spiro atoms. The number of nitriles is 1. The van der Waals surface area contributed by atoms with Crippen LogP contribution in [0.15, 0.2) is 42.5 Å². The van der Waals surface area contributed by atoms with Crippen LogP contribution in [0.2, 0.25) is 0 Å². The molecule has 1 heterocycles. The van der Waals surface area contributed by atoms with Gasteiger partial charge < -0.3 is 14.6 Å². The first-order valence-corrected chi connectivity index (χ1v) is 7.12. The monoisotopic (exact) mass is 338 g/mol. The summed E-state index contributed by atoms with van der Waals surface area (Å²) >= 11 is 0. The highest BCUT2D eigenvalue weighted by atomic mass is 19.1. The van der Waals surface area contributed by atoms with Crippen LogP contribution in [0.25, 0.3) is 10.8 Å². The number of methoxy groups -OCH3 is 1. The number of pyridine rings is 1. The lowest BCUT2D eigenvalue weighted by Gasteiger charge is -2.12. The summed E-state index contributed by atoms with van der Waals surface area (Å²) in [5.74, 6) is -1.11. The van der Waals surface area contributed by atoms with E-state index in [1.807, 2.05) is 6.07 Å². The number of aromatic hydroxyl groups is 1. The second kappa shape index (κ2) is 6.45. The maximum atomic E-state index is 13.0. The summed E-state index contributed by atoms with van der Waals surface area (Å²) in [6.45, 7) is 0. The number of nitrogens with zero attached hydrogens (tertiary/aromatic N) is 2. The summed E-state index contributed by atoms with van der Waals surface area (Å²) in [7, 11) is 1.15. The van der Waals surface area contributed by atoms with Gasteiger partial charge in [-0.2, -0.15) is 5.26 Å². The molecule has 1 N–H and O–H groups in total. The number of fused-ring (bicyclic) bond motifs is 1. The van der Waals surface area contributed by atoms with E-state index in [0.717, 1.165) is 7.11 Å². The van der Waals surface area contributed by atoms with E-state index in [0.29, 0.717) is 5.75 Å². The molecule has 0 aliphatic rings. The van der Waals surface area contributed by atoms with E-state index in [2.05, 4.69) is 9.72 Å². The van der Waals surface area contributed by atoms with Crippen molar-refractivity contribution < 1.29 is 23.8 Å². The lowest BCUT2D eigenvalue weighted by atomic mass is 10.1. The first kappa shape index (κ1) is 16.2. The molecule has 2 aromatic carbocycles. The Kier molecular flexibility index (Phi) is 4.18. The molecule has 0 saturated carbocycles. The van der Waals surface area contributed by atoms with Crippen molar-refractivity contribution in [2.24, 2.45) is 0 Å². The average Bonchev–Trinajstić information content (AvgIpc) is 2.64. The first-order valence-electron chi connectivity index (χ1n) is 7.12. The number of carbonyl (C=O) groups excluding carboxylic acids is 1. The minimum atomic E-state index is -0.860. The van der Waals surface area contributed by atoms with Gasteiger partial charge in [-0.05, 0) is 30.3 Å². The minimum absolute atomic E-state index is 0.106. The number of ether oxygens (including phenoxy) is 2. The van der Waals surface area contributed by atoms with Gasteiger partial charge in [0.15, 0.2) is 17.1 Å². The molecule has 0 amide bonds. The molecule has 124 valence electrons. The molecule has 0 aliphatic carbocycles. The highest BCUT2D eigenvalue weighted by Crippen LogP contribution is 2.37. The Morgan fingerprint density at radius 1 is 1.24 bits per heavy atom. The Morgan fingerprint density at radius 3 is 2.60 bits per heavy atom. The largest absolute Gasteiger partial charge is 0.505 e. The van der Waals surface area contributed by atoms with E-state index in [1.54, 1.807) is 12.1 Å². The summed E-state index contributed by atoms with van der Waals surface area (Å²) in [6, 6.07) is 11.9. The number of rotatable bonds is 3. The number of aromatic nitrogens is 1. The SMILES string of the molecule is COC(=O)c1nc(C#N)c2c(Oc3ccc(F)cc3)cccc2c1O.